The summed E-state index contributed by atoms with van der Waals surface area (Å²) in [5.74, 6) is 0. The van der Waals surface area contributed by atoms with Crippen LogP contribution in [0.2, 0.25) is 0 Å². The number of nitrogens with one attached hydrogen (secondary N) is 1. The van der Waals surface area contributed by atoms with Gasteiger partial charge < -0.3 is 10.2 Å². The Hall–Kier alpha value is -0.930. The highest BCUT2D eigenvalue weighted by Gasteiger charge is 1.98. The summed E-state index contributed by atoms with van der Waals surface area (Å²) in [6.07, 6.45) is 6.06. The van der Waals surface area contributed by atoms with Gasteiger partial charge in [-0.25, -0.2) is 0 Å². The maximum Gasteiger partial charge on any atom is 0.0300 e. The van der Waals surface area contributed by atoms with Crippen LogP contribution in [0.15, 0.2) is 24.5 Å². The van der Waals surface area contributed by atoms with Crippen LogP contribution in [0.4, 0.5) is 0 Å². The van der Waals surface area contributed by atoms with Gasteiger partial charge in [-0.2, -0.15) is 0 Å². The van der Waals surface area contributed by atoms with Crippen LogP contribution in [0.3, 0.4) is 0 Å². The number of hydrogen-bond donors (Lipinski definition) is 1. The summed E-state index contributed by atoms with van der Waals surface area (Å²) in [7, 11) is 2.17. The zero-order valence-corrected chi connectivity index (χ0v) is 10.4. The van der Waals surface area contributed by atoms with Gasteiger partial charge in [-0.15, -0.1) is 0 Å². The minimum absolute atomic E-state index is 1.08. The van der Waals surface area contributed by atoms with E-state index in [1.54, 1.807) is 0 Å². The van der Waals surface area contributed by atoms with Crippen LogP contribution in [0, 0.1) is 0 Å². The molecule has 0 saturated carbocycles. The molecule has 1 rings (SSSR count). The van der Waals surface area contributed by atoms with Crippen molar-refractivity contribution < 1.29 is 0 Å². The Balaban J connectivity index is 2.08. The topological polar surface area (TPSA) is 28.2 Å². The number of rotatable bonds is 8. The van der Waals surface area contributed by atoms with Gasteiger partial charge in [0.25, 0.3) is 0 Å². The minimum atomic E-state index is 1.08. The van der Waals surface area contributed by atoms with Crippen LogP contribution in [-0.4, -0.2) is 43.1 Å². The van der Waals surface area contributed by atoms with Crippen molar-refractivity contribution in [2.45, 2.75) is 19.8 Å². The van der Waals surface area contributed by atoms with E-state index in [0.29, 0.717) is 0 Å². The van der Waals surface area contributed by atoms with Gasteiger partial charge >= 0.3 is 0 Å². The molecule has 16 heavy (non-hydrogen) atoms. The van der Waals surface area contributed by atoms with E-state index in [9.17, 15) is 0 Å². The average molecular weight is 221 g/mol. The van der Waals surface area contributed by atoms with E-state index in [1.165, 1.54) is 12.0 Å². The molecule has 1 aromatic heterocycles. The molecular formula is C13H23N3. The predicted molar refractivity (Wildman–Crippen MR) is 68.6 cm³/mol. The van der Waals surface area contributed by atoms with E-state index in [2.05, 4.69) is 35.2 Å². The monoisotopic (exact) mass is 221 g/mol. The second-order valence-corrected chi connectivity index (χ2v) is 4.16. The molecule has 1 heterocycles. The first-order chi connectivity index (χ1) is 7.83. The standard InChI is InChI=1S/C13H23N3/c1-3-7-14-9-11-16(2)10-6-13-5-4-8-15-12-13/h4-5,8,12,14H,3,6-7,9-11H2,1-2H3. The van der Waals surface area contributed by atoms with Gasteiger partial charge in [0.2, 0.25) is 0 Å². The molecule has 0 aliphatic heterocycles. The summed E-state index contributed by atoms with van der Waals surface area (Å²) in [6, 6.07) is 4.13. The number of likely N-dealkylation sites (N-methyl/N-ethyl adjacent to an activating group) is 1. The molecule has 0 atom stereocenters. The molecule has 0 bridgehead atoms. The highest BCUT2D eigenvalue weighted by molar-refractivity contribution is 5.08. The number of hydrogen-bond acceptors (Lipinski definition) is 3. The van der Waals surface area contributed by atoms with E-state index in [1.807, 2.05) is 18.5 Å². The zero-order chi connectivity index (χ0) is 11.6. The maximum absolute atomic E-state index is 4.12. The second-order valence-electron chi connectivity index (χ2n) is 4.16. The first-order valence-electron chi connectivity index (χ1n) is 6.11. The van der Waals surface area contributed by atoms with Crippen molar-refractivity contribution in [1.29, 1.82) is 0 Å². The van der Waals surface area contributed by atoms with E-state index in [4.69, 9.17) is 0 Å². The van der Waals surface area contributed by atoms with Crippen LogP contribution in [0.5, 0.6) is 0 Å². The molecule has 0 spiro atoms. The summed E-state index contributed by atoms with van der Waals surface area (Å²) in [5.41, 5.74) is 1.32. The Labute approximate surface area is 98.9 Å². The van der Waals surface area contributed by atoms with E-state index < -0.39 is 0 Å². The van der Waals surface area contributed by atoms with Gasteiger partial charge in [-0.3, -0.25) is 4.98 Å². The Morgan fingerprint density at radius 2 is 2.19 bits per heavy atom. The molecule has 0 aliphatic rings. The molecule has 90 valence electrons. The molecule has 0 aliphatic carbocycles. The summed E-state index contributed by atoms with van der Waals surface area (Å²) in [4.78, 5) is 6.48. The Morgan fingerprint density at radius 3 is 2.88 bits per heavy atom. The molecule has 0 fully saturated rings. The molecule has 3 heteroatoms. The number of pyridine rings is 1. The van der Waals surface area contributed by atoms with E-state index in [0.717, 1.165) is 32.6 Å². The van der Waals surface area contributed by atoms with Crippen molar-refractivity contribution in [3.05, 3.63) is 30.1 Å². The van der Waals surface area contributed by atoms with Crippen molar-refractivity contribution in [1.82, 2.24) is 15.2 Å². The van der Waals surface area contributed by atoms with Gasteiger partial charge in [-0.1, -0.05) is 13.0 Å². The largest absolute Gasteiger partial charge is 0.315 e. The third kappa shape index (κ3) is 5.83. The molecule has 0 amide bonds. The molecule has 3 nitrogen and oxygen atoms in total. The molecule has 0 aromatic carbocycles. The first kappa shape index (κ1) is 13.1. The van der Waals surface area contributed by atoms with Crippen LogP contribution in [0.25, 0.3) is 0 Å². The Kier molecular flexibility index (Phi) is 6.77. The van der Waals surface area contributed by atoms with Crippen molar-refractivity contribution in [2.75, 3.05) is 33.2 Å². The summed E-state index contributed by atoms with van der Waals surface area (Å²) < 4.78 is 0. The lowest BCUT2D eigenvalue weighted by Crippen LogP contribution is -2.30. The molecule has 1 aromatic rings. The van der Waals surface area contributed by atoms with Crippen LogP contribution >= 0.6 is 0 Å². The lowest BCUT2D eigenvalue weighted by Gasteiger charge is -2.16. The zero-order valence-electron chi connectivity index (χ0n) is 10.4. The summed E-state index contributed by atoms with van der Waals surface area (Å²) in [6.45, 7) is 6.60. The predicted octanol–water partition coefficient (Wildman–Crippen LogP) is 1.56. The van der Waals surface area contributed by atoms with Crippen LogP contribution in [0.1, 0.15) is 18.9 Å². The molecule has 1 N–H and O–H groups in total. The second kappa shape index (κ2) is 8.25. The lowest BCUT2D eigenvalue weighted by molar-refractivity contribution is 0.335. The van der Waals surface area contributed by atoms with Gasteiger partial charge in [-0.05, 0) is 38.1 Å². The molecule has 0 unspecified atom stereocenters. The maximum atomic E-state index is 4.12. The van der Waals surface area contributed by atoms with Gasteiger partial charge in [0.05, 0.1) is 0 Å². The van der Waals surface area contributed by atoms with Crippen LogP contribution < -0.4 is 5.32 Å². The summed E-state index contributed by atoms with van der Waals surface area (Å²) >= 11 is 0. The smallest absolute Gasteiger partial charge is 0.0300 e. The minimum Gasteiger partial charge on any atom is -0.315 e. The number of nitrogens with zero attached hydrogens (tertiary/aromatic N) is 2. The lowest BCUT2D eigenvalue weighted by atomic mass is 10.2. The fraction of sp³-hybridized carbons (Fsp3) is 0.615. The first-order valence-corrected chi connectivity index (χ1v) is 6.11. The fourth-order valence-electron chi connectivity index (χ4n) is 1.55. The van der Waals surface area contributed by atoms with Crippen molar-refractivity contribution >= 4 is 0 Å². The van der Waals surface area contributed by atoms with E-state index in [-0.39, 0.29) is 0 Å². The van der Waals surface area contributed by atoms with Crippen molar-refractivity contribution in [3.63, 3.8) is 0 Å². The molecule has 0 saturated heterocycles. The van der Waals surface area contributed by atoms with Gasteiger partial charge in [0, 0.05) is 32.0 Å². The SMILES string of the molecule is CCCNCCN(C)CCc1cccnc1. The highest BCUT2D eigenvalue weighted by Crippen LogP contribution is 1.97. The molecular weight excluding hydrogens is 198 g/mol. The normalized spacial score (nSPS) is 10.9. The third-order valence-corrected chi connectivity index (χ3v) is 2.60. The van der Waals surface area contributed by atoms with Gasteiger partial charge in [0.1, 0.15) is 0 Å². The van der Waals surface area contributed by atoms with Gasteiger partial charge in [0.15, 0.2) is 0 Å². The number of aromatic nitrogens is 1. The van der Waals surface area contributed by atoms with Crippen molar-refractivity contribution in [3.8, 4) is 0 Å². The van der Waals surface area contributed by atoms with E-state index >= 15 is 0 Å². The highest BCUT2D eigenvalue weighted by atomic mass is 15.1. The quantitative estimate of drug-likeness (QED) is 0.675. The van der Waals surface area contributed by atoms with Crippen LogP contribution in [-0.2, 0) is 6.42 Å². The van der Waals surface area contributed by atoms with Crippen molar-refractivity contribution in [2.24, 2.45) is 0 Å². The summed E-state index contributed by atoms with van der Waals surface area (Å²) in [5, 5.41) is 3.41. The third-order valence-electron chi connectivity index (χ3n) is 2.60. The average Bonchev–Trinajstić information content (AvgIpc) is 2.33. The Morgan fingerprint density at radius 1 is 1.31 bits per heavy atom. The Bertz CT molecular complexity index is 261. The molecule has 0 radical (unpaired) electrons. The fourth-order valence-corrected chi connectivity index (χ4v) is 1.55.